The molecule has 0 amide bonds. The van der Waals surface area contributed by atoms with Crippen molar-refractivity contribution in [2.24, 2.45) is 0 Å². The Kier molecular flexibility index (Phi) is 4.95. The van der Waals surface area contributed by atoms with Crippen molar-refractivity contribution in [3.63, 3.8) is 0 Å². The van der Waals surface area contributed by atoms with Gasteiger partial charge in [0.2, 0.25) is 0 Å². The number of hydrogen-bond donors (Lipinski definition) is 1. The first kappa shape index (κ1) is 15.5. The van der Waals surface area contributed by atoms with Crippen LogP contribution in [0.4, 0.5) is 0 Å². The Morgan fingerprint density at radius 2 is 1.57 bits per heavy atom. The first-order chi connectivity index (χ1) is 9.94. The lowest BCUT2D eigenvalue weighted by molar-refractivity contribution is 0.112. The standard InChI is InChI=1S/C15H16O5S/c1-21(17,18)19-11-15(16)12-7-9-14(10-8-12)20-13-5-3-2-4-6-13/h2-10,15-16H,11H2,1H3. The number of ether oxygens (including phenoxy) is 1. The van der Waals surface area contributed by atoms with Crippen molar-refractivity contribution in [2.75, 3.05) is 12.9 Å². The second kappa shape index (κ2) is 6.71. The molecule has 2 aromatic rings. The molecule has 0 aliphatic heterocycles. The van der Waals surface area contributed by atoms with Crippen LogP contribution in [-0.2, 0) is 14.3 Å². The topological polar surface area (TPSA) is 72.8 Å². The van der Waals surface area contributed by atoms with Crippen LogP contribution in [-0.4, -0.2) is 26.4 Å². The van der Waals surface area contributed by atoms with Gasteiger partial charge >= 0.3 is 0 Å². The summed E-state index contributed by atoms with van der Waals surface area (Å²) in [6, 6.07) is 16.0. The molecule has 0 aliphatic carbocycles. The minimum absolute atomic E-state index is 0.308. The smallest absolute Gasteiger partial charge is 0.264 e. The summed E-state index contributed by atoms with van der Waals surface area (Å²) in [5.41, 5.74) is 0.555. The van der Waals surface area contributed by atoms with Crippen molar-refractivity contribution >= 4 is 10.1 Å². The highest BCUT2D eigenvalue weighted by Crippen LogP contribution is 2.23. The van der Waals surface area contributed by atoms with Gasteiger partial charge in [-0.05, 0) is 29.8 Å². The number of hydrogen-bond acceptors (Lipinski definition) is 5. The molecule has 6 heteroatoms. The molecular weight excluding hydrogens is 292 g/mol. The monoisotopic (exact) mass is 308 g/mol. The highest BCUT2D eigenvalue weighted by molar-refractivity contribution is 7.85. The molecule has 1 N–H and O–H groups in total. The quantitative estimate of drug-likeness (QED) is 0.830. The number of aliphatic hydroxyl groups excluding tert-OH is 1. The maximum Gasteiger partial charge on any atom is 0.264 e. The molecule has 2 rings (SSSR count). The molecule has 0 radical (unpaired) electrons. The van der Waals surface area contributed by atoms with Crippen molar-refractivity contribution in [3.8, 4) is 11.5 Å². The first-order valence-electron chi connectivity index (χ1n) is 6.29. The van der Waals surface area contributed by atoms with Gasteiger partial charge in [-0.2, -0.15) is 8.42 Å². The minimum atomic E-state index is -3.56. The van der Waals surface area contributed by atoms with Gasteiger partial charge in [0.15, 0.2) is 0 Å². The predicted molar refractivity (Wildman–Crippen MR) is 78.7 cm³/mol. The second-order valence-corrected chi connectivity index (χ2v) is 6.13. The van der Waals surface area contributed by atoms with Crippen molar-refractivity contribution in [3.05, 3.63) is 60.2 Å². The molecule has 0 spiro atoms. The molecule has 21 heavy (non-hydrogen) atoms. The van der Waals surface area contributed by atoms with Crippen molar-refractivity contribution in [1.29, 1.82) is 0 Å². The van der Waals surface area contributed by atoms with E-state index in [4.69, 9.17) is 4.74 Å². The zero-order chi connectivity index (χ0) is 15.3. The van der Waals surface area contributed by atoms with E-state index in [1.165, 1.54) is 0 Å². The van der Waals surface area contributed by atoms with E-state index >= 15 is 0 Å². The minimum Gasteiger partial charge on any atom is -0.457 e. The molecule has 0 saturated heterocycles. The fourth-order valence-corrected chi connectivity index (χ4v) is 2.04. The van der Waals surface area contributed by atoms with Gasteiger partial charge in [0.05, 0.1) is 12.9 Å². The molecule has 1 atom stereocenters. The highest BCUT2D eigenvalue weighted by atomic mass is 32.2. The van der Waals surface area contributed by atoms with E-state index in [9.17, 15) is 13.5 Å². The number of rotatable bonds is 6. The number of aliphatic hydroxyl groups is 1. The molecule has 112 valence electrons. The lowest BCUT2D eigenvalue weighted by Crippen LogP contribution is -2.11. The second-order valence-electron chi connectivity index (χ2n) is 4.49. The van der Waals surface area contributed by atoms with Crippen LogP contribution in [0.1, 0.15) is 11.7 Å². The molecular formula is C15H16O5S. The van der Waals surface area contributed by atoms with E-state index in [-0.39, 0.29) is 6.61 Å². The Bertz CT molecular complexity index is 665. The van der Waals surface area contributed by atoms with Crippen LogP contribution < -0.4 is 4.74 Å². The first-order valence-corrected chi connectivity index (χ1v) is 8.11. The third-order valence-corrected chi connectivity index (χ3v) is 3.25. The van der Waals surface area contributed by atoms with Gasteiger partial charge in [0.1, 0.15) is 17.6 Å². The maximum absolute atomic E-state index is 10.9. The van der Waals surface area contributed by atoms with Crippen LogP contribution in [0, 0.1) is 0 Å². The maximum atomic E-state index is 10.9. The zero-order valence-corrected chi connectivity index (χ0v) is 12.3. The Labute approximate surface area is 123 Å². The Morgan fingerprint density at radius 1 is 1.00 bits per heavy atom. The Hall–Kier alpha value is -1.89. The van der Waals surface area contributed by atoms with Gasteiger partial charge in [-0.15, -0.1) is 0 Å². The predicted octanol–water partition coefficient (Wildman–Crippen LogP) is 2.49. The fraction of sp³-hybridized carbons (Fsp3) is 0.200. The van der Waals surface area contributed by atoms with E-state index in [0.29, 0.717) is 17.1 Å². The molecule has 2 aromatic carbocycles. The van der Waals surface area contributed by atoms with E-state index < -0.39 is 16.2 Å². The summed E-state index contributed by atoms with van der Waals surface area (Å²) >= 11 is 0. The summed E-state index contributed by atoms with van der Waals surface area (Å²) in [7, 11) is -3.56. The van der Waals surface area contributed by atoms with Gasteiger partial charge in [-0.3, -0.25) is 4.18 Å². The summed E-state index contributed by atoms with van der Waals surface area (Å²) in [6.45, 7) is -0.308. The van der Waals surface area contributed by atoms with Crippen LogP contribution in [0.2, 0.25) is 0 Å². The van der Waals surface area contributed by atoms with Crippen molar-refractivity contribution in [2.45, 2.75) is 6.10 Å². The Balaban J connectivity index is 1.98. The van der Waals surface area contributed by atoms with Gasteiger partial charge < -0.3 is 9.84 Å². The van der Waals surface area contributed by atoms with Crippen LogP contribution in [0.15, 0.2) is 54.6 Å². The van der Waals surface area contributed by atoms with E-state index in [0.717, 1.165) is 6.26 Å². The summed E-state index contributed by atoms with van der Waals surface area (Å²) in [5.74, 6) is 1.34. The van der Waals surface area contributed by atoms with Gasteiger partial charge in [-0.25, -0.2) is 0 Å². The molecule has 0 saturated carbocycles. The molecule has 0 aliphatic rings. The van der Waals surface area contributed by atoms with E-state index in [1.54, 1.807) is 24.3 Å². The third kappa shape index (κ3) is 5.18. The van der Waals surface area contributed by atoms with Crippen molar-refractivity contribution in [1.82, 2.24) is 0 Å². The number of benzene rings is 2. The molecule has 0 bridgehead atoms. The molecule has 0 aromatic heterocycles. The summed E-state index contributed by atoms with van der Waals surface area (Å²) < 4.78 is 31.9. The molecule has 0 fully saturated rings. The lowest BCUT2D eigenvalue weighted by atomic mass is 10.1. The number of para-hydroxylation sites is 1. The SMILES string of the molecule is CS(=O)(=O)OCC(O)c1ccc(Oc2ccccc2)cc1. The summed E-state index contributed by atoms with van der Waals surface area (Å²) in [5, 5.41) is 9.83. The largest absolute Gasteiger partial charge is 0.457 e. The zero-order valence-electron chi connectivity index (χ0n) is 11.5. The van der Waals surface area contributed by atoms with Gasteiger partial charge in [0.25, 0.3) is 10.1 Å². The van der Waals surface area contributed by atoms with Gasteiger partial charge in [-0.1, -0.05) is 30.3 Å². The molecule has 5 nitrogen and oxygen atoms in total. The highest BCUT2D eigenvalue weighted by Gasteiger charge is 2.11. The molecule has 0 heterocycles. The lowest BCUT2D eigenvalue weighted by Gasteiger charge is -2.11. The summed E-state index contributed by atoms with van der Waals surface area (Å²) in [4.78, 5) is 0. The normalized spacial score (nSPS) is 12.9. The summed E-state index contributed by atoms with van der Waals surface area (Å²) in [6.07, 6.45) is -0.0678. The van der Waals surface area contributed by atoms with E-state index in [1.807, 2.05) is 30.3 Å². The van der Waals surface area contributed by atoms with Crippen LogP contribution in [0.5, 0.6) is 11.5 Å². The Morgan fingerprint density at radius 3 is 2.14 bits per heavy atom. The average molecular weight is 308 g/mol. The molecule has 1 unspecified atom stereocenters. The van der Waals surface area contributed by atoms with Crippen LogP contribution in [0.25, 0.3) is 0 Å². The average Bonchev–Trinajstić information content (AvgIpc) is 2.46. The van der Waals surface area contributed by atoms with Crippen LogP contribution >= 0.6 is 0 Å². The van der Waals surface area contributed by atoms with E-state index in [2.05, 4.69) is 4.18 Å². The third-order valence-electron chi connectivity index (χ3n) is 2.68. The van der Waals surface area contributed by atoms with Gasteiger partial charge in [0, 0.05) is 0 Å². The van der Waals surface area contributed by atoms with Crippen molar-refractivity contribution < 1.29 is 22.4 Å². The fourth-order valence-electron chi connectivity index (χ4n) is 1.67. The van der Waals surface area contributed by atoms with Crippen LogP contribution in [0.3, 0.4) is 0 Å².